The quantitative estimate of drug-likeness (QED) is 0.688. The summed E-state index contributed by atoms with van der Waals surface area (Å²) in [5.41, 5.74) is 0.241. The third kappa shape index (κ3) is 2.71. The highest BCUT2D eigenvalue weighted by atomic mass is 16.6. The van der Waals surface area contributed by atoms with E-state index in [0.29, 0.717) is 11.1 Å². The third-order valence-corrected chi connectivity index (χ3v) is 4.05. The second kappa shape index (κ2) is 5.55. The van der Waals surface area contributed by atoms with Crippen molar-refractivity contribution in [2.24, 2.45) is 0 Å². The summed E-state index contributed by atoms with van der Waals surface area (Å²) in [6.07, 6.45) is 0. The molecular weight excluding hydrogens is 320 g/mol. The molecule has 1 aliphatic carbocycles. The van der Waals surface area contributed by atoms with Crippen LogP contribution in [0.25, 0.3) is 0 Å². The van der Waals surface area contributed by atoms with Gasteiger partial charge in [0.2, 0.25) is 0 Å². The molecule has 0 heterocycles. The lowest BCUT2D eigenvalue weighted by Crippen LogP contribution is -2.27. The Kier molecular flexibility index (Phi) is 3.75. The molecule has 2 aromatic carbocycles. The van der Waals surface area contributed by atoms with Crippen molar-refractivity contribution in [1.29, 1.82) is 0 Å². The van der Waals surface area contributed by atoms with Gasteiger partial charge in [-0.3, -0.25) is 9.59 Å². The van der Waals surface area contributed by atoms with Crippen molar-refractivity contribution in [3.8, 4) is 5.75 Å². The van der Waals surface area contributed by atoms with Crippen LogP contribution in [0.5, 0.6) is 5.75 Å². The Bertz CT molecular complexity index is 932. The average Bonchev–Trinajstić information content (AvgIpc) is 2.50. The molecule has 0 spiro atoms. The number of ketones is 2. The van der Waals surface area contributed by atoms with E-state index in [9.17, 15) is 19.5 Å². The highest BCUT2D eigenvalue weighted by Gasteiger charge is 2.35. The second-order valence-electron chi connectivity index (χ2n) is 7.02. The average molecular weight is 338 g/mol. The smallest absolute Gasteiger partial charge is 0.342 e. The van der Waals surface area contributed by atoms with E-state index in [2.05, 4.69) is 0 Å². The van der Waals surface area contributed by atoms with Crippen molar-refractivity contribution in [1.82, 2.24) is 0 Å². The standard InChI is InChI=1S/C20H18O5/c1-10-15-13(9-14(21)16(10)19(24)25-20(2,3)4)17(22)11-7-5-6-8-12(11)18(15)23/h5-9,21H,1-4H3. The van der Waals surface area contributed by atoms with Crippen molar-refractivity contribution in [2.75, 3.05) is 0 Å². The summed E-state index contributed by atoms with van der Waals surface area (Å²) in [4.78, 5) is 38.0. The molecule has 0 aliphatic heterocycles. The molecule has 0 aromatic heterocycles. The summed E-state index contributed by atoms with van der Waals surface area (Å²) in [5.74, 6) is -1.79. The number of benzene rings is 2. The van der Waals surface area contributed by atoms with E-state index in [-0.39, 0.29) is 39.6 Å². The van der Waals surface area contributed by atoms with Crippen molar-refractivity contribution in [3.05, 3.63) is 63.7 Å². The van der Waals surface area contributed by atoms with E-state index < -0.39 is 11.6 Å². The molecular formula is C20H18O5. The van der Waals surface area contributed by atoms with Gasteiger partial charge in [-0.25, -0.2) is 4.79 Å². The van der Waals surface area contributed by atoms with Gasteiger partial charge >= 0.3 is 5.97 Å². The monoisotopic (exact) mass is 338 g/mol. The van der Waals surface area contributed by atoms with Gasteiger partial charge < -0.3 is 9.84 Å². The van der Waals surface area contributed by atoms with Gasteiger partial charge in [-0.1, -0.05) is 24.3 Å². The number of esters is 1. The third-order valence-electron chi connectivity index (χ3n) is 4.05. The van der Waals surface area contributed by atoms with Crippen LogP contribution < -0.4 is 0 Å². The van der Waals surface area contributed by atoms with E-state index >= 15 is 0 Å². The molecule has 0 saturated heterocycles. The zero-order chi connectivity index (χ0) is 18.5. The molecule has 128 valence electrons. The molecule has 0 bridgehead atoms. The number of rotatable bonds is 1. The Hall–Kier alpha value is -2.95. The number of carbonyl (C=O) groups excluding carboxylic acids is 3. The van der Waals surface area contributed by atoms with Crippen molar-refractivity contribution in [2.45, 2.75) is 33.3 Å². The molecule has 1 N–H and O–H groups in total. The van der Waals surface area contributed by atoms with E-state index in [1.165, 1.54) is 13.0 Å². The summed E-state index contributed by atoms with van der Waals surface area (Å²) < 4.78 is 5.31. The summed E-state index contributed by atoms with van der Waals surface area (Å²) in [5, 5.41) is 10.3. The van der Waals surface area contributed by atoms with E-state index in [4.69, 9.17) is 4.74 Å². The maximum Gasteiger partial charge on any atom is 0.342 e. The fourth-order valence-corrected chi connectivity index (χ4v) is 3.02. The second-order valence-corrected chi connectivity index (χ2v) is 7.02. The number of hydrogen-bond acceptors (Lipinski definition) is 5. The number of hydrogen-bond donors (Lipinski definition) is 1. The Balaban J connectivity index is 2.22. The number of carbonyl (C=O) groups is 3. The minimum absolute atomic E-state index is 0.0887. The minimum Gasteiger partial charge on any atom is -0.507 e. The van der Waals surface area contributed by atoms with Crippen LogP contribution in [0.2, 0.25) is 0 Å². The molecule has 5 heteroatoms. The van der Waals surface area contributed by atoms with Gasteiger partial charge in [0.25, 0.3) is 0 Å². The van der Waals surface area contributed by atoms with Crippen LogP contribution in [0.1, 0.15) is 68.5 Å². The van der Waals surface area contributed by atoms with Crippen molar-refractivity contribution < 1.29 is 24.2 Å². The van der Waals surface area contributed by atoms with E-state index in [1.807, 2.05) is 0 Å². The molecule has 0 radical (unpaired) electrons. The van der Waals surface area contributed by atoms with Gasteiger partial charge in [-0.05, 0) is 39.3 Å². The van der Waals surface area contributed by atoms with Gasteiger partial charge in [-0.2, -0.15) is 0 Å². The first kappa shape index (κ1) is 16.9. The first-order valence-corrected chi connectivity index (χ1v) is 7.90. The van der Waals surface area contributed by atoms with E-state index in [0.717, 1.165) is 0 Å². The Morgan fingerprint density at radius 1 is 1.00 bits per heavy atom. The van der Waals surface area contributed by atoms with Crippen LogP contribution in [-0.2, 0) is 4.74 Å². The summed E-state index contributed by atoms with van der Waals surface area (Å²) in [6, 6.07) is 7.69. The van der Waals surface area contributed by atoms with Gasteiger partial charge in [0, 0.05) is 22.3 Å². The molecule has 25 heavy (non-hydrogen) atoms. The highest BCUT2D eigenvalue weighted by Crippen LogP contribution is 2.35. The predicted molar refractivity (Wildman–Crippen MR) is 91.3 cm³/mol. The normalized spacial score (nSPS) is 13.3. The molecule has 0 fully saturated rings. The first-order chi connectivity index (χ1) is 11.6. The van der Waals surface area contributed by atoms with Crippen LogP contribution in [0, 0.1) is 6.92 Å². The van der Waals surface area contributed by atoms with Gasteiger partial charge in [0.15, 0.2) is 11.6 Å². The lowest BCUT2D eigenvalue weighted by atomic mass is 9.80. The lowest BCUT2D eigenvalue weighted by molar-refractivity contribution is 0.00658. The van der Waals surface area contributed by atoms with Gasteiger partial charge in [0.05, 0.1) is 0 Å². The zero-order valence-corrected chi connectivity index (χ0v) is 14.5. The predicted octanol–water partition coefficient (Wildman–Crippen LogP) is 3.43. The molecule has 3 rings (SSSR count). The topological polar surface area (TPSA) is 80.7 Å². The molecule has 0 amide bonds. The summed E-state index contributed by atoms with van der Waals surface area (Å²) >= 11 is 0. The van der Waals surface area contributed by atoms with Crippen LogP contribution in [-0.4, -0.2) is 28.2 Å². The molecule has 0 atom stereocenters. The van der Waals surface area contributed by atoms with Crippen LogP contribution in [0.3, 0.4) is 0 Å². The molecule has 0 saturated carbocycles. The molecule has 0 unspecified atom stereocenters. The lowest BCUT2D eigenvalue weighted by Gasteiger charge is -2.24. The maximum absolute atomic E-state index is 12.9. The van der Waals surface area contributed by atoms with Crippen molar-refractivity contribution >= 4 is 17.5 Å². The zero-order valence-electron chi connectivity index (χ0n) is 14.5. The number of aromatic hydroxyl groups is 1. The SMILES string of the molecule is Cc1c(C(=O)OC(C)(C)C)c(O)cc2c1C(=O)c1ccccc1C2=O. The van der Waals surface area contributed by atoms with Crippen LogP contribution in [0.15, 0.2) is 30.3 Å². The molecule has 1 aliphatic rings. The maximum atomic E-state index is 12.9. The molecule has 5 nitrogen and oxygen atoms in total. The number of phenols is 1. The molecule has 2 aromatic rings. The van der Waals surface area contributed by atoms with Crippen LogP contribution in [0.4, 0.5) is 0 Å². The minimum atomic E-state index is -0.752. The number of fused-ring (bicyclic) bond motifs is 2. The first-order valence-electron chi connectivity index (χ1n) is 7.90. The highest BCUT2D eigenvalue weighted by molar-refractivity contribution is 6.29. The number of ether oxygens (including phenoxy) is 1. The Morgan fingerprint density at radius 2 is 1.56 bits per heavy atom. The summed E-state index contributed by atoms with van der Waals surface area (Å²) in [7, 11) is 0. The van der Waals surface area contributed by atoms with E-state index in [1.54, 1.807) is 45.0 Å². The largest absolute Gasteiger partial charge is 0.507 e. The van der Waals surface area contributed by atoms with Crippen LogP contribution >= 0.6 is 0 Å². The summed E-state index contributed by atoms with van der Waals surface area (Å²) in [6.45, 7) is 6.67. The fourth-order valence-electron chi connectivity index (χ4n) is 3.02. The number of phenolic OH excluding ortho intramolecular Hbond substituents is 1. The fraction of sp³-hybridized carbons (Fsp3) is 0.250. The van der Waals surface area contributed by atoms with Gasteiger partial charge in [-0.15, -0.1) is 0 Å². The Labute approximate surface area is 145 Å². The van der Waals surface area contributed by atoms with Crippen molar-refractivity contribution in [3.63, 3.8) is 0 Å². The Morgan fingerprint density at radius 3 is 2.12 bits per heavy atom. The van der Waals surface area contributed by atoms with Gasteiger partial charge in [0.1, 0.15) is 16.9 Å².